The first kappa shape index (κ1) is 3.76. The molecule has 2 heteroatoms. The van der Waals surface area contributed by atoms with E-state index in [2.05, 4.69) is 0 Å². The third kappa shape index (κ3) is 1.76. The van der Waals surface area contributed by atoms with Crippen LogP contribution in [0.5, 0.6) is 0 Å². The summed E-state index contributed by atoms with van der Waals surface area (Å²) in [6.45, 7) is 0. The van der Waals surface area contributed by atoms with Gasteiger partial charge in [-0.1, -0.05) is 5.70 Å². The van der Waals surface area contributed by atoms with Crippen molar-refractivity contribution >= 4 is 10.2 Å². The minimum atomic E-state index is 1.08. The van der Waals surface area contributed by atoms with Gasteiger partial charge < -0.3 is 5.73 Å². The van der Waals surface area contributed by atoms with Crippen molar-refractivity contribution in [3.8, 4) is 0 Å². The van der Waals surface area contributed by atoms with Crippen molar-refractivity contribution in [2.45, 2.75) is 0 Å². The van der Waals surface area contributed by atoms with E-state index in [9.17, 15) is 0 Å². The summed E-state index contributed by atoms with van der Waals surface area (Å²) in [6, 6.07) is 0. The van der Waals surface area contributed by atoms with Crippen LogP contribution in [0.15, 0.2) is 11.9 Å². The fraction of sp³-hybridized carbons (Fsp3) is 0. The zero-order valence-electron chi connectivity index (χ0n) is 2.73. The summed E-state index contributed by atoms with van der Waals surface area (Å²) in [5, 5.41) is 0. The Kier molecular flexibility index (Phi) is 2.59. The smallest absolute Gasteiger partial charge is 0.0309 e. The molecule has 0 unspecified atom stereocenters. The maximum atomic E-state index is 4.88. The molecule has 0 aromatic rings. The van der Waals surface area contributed by atoms with Crippen LogP contribution in [-0.4, -0.2) is 10.2 Å². The highest BCUT2D eigenvalue weighted by molar-refractivity contribution is 6.16. The standard InChI is InChI=1S/C2H7NSi/c3-1-2-4/h1-2H,3H2,4H3. The highest BCUT2D eigenvalue weighted by Crippen LogP contribution is 1.36. The molecule has 0 aliphatic carbocycles. The van der Waals surface area contributed by atoms with Gasteiger partial charge in [-0.25, -0.2) is 0 Å². The molecule has 0 aromatic carbocycles. The van der Waals surface area contributed by atoms with Gasteiger partial charge in [0.1, 0.15) is 0 Å². The number of hydrogen-bond acceptors (Lipinski definition) is 1. The lowest BCUT2D eigenvalue weighted by molar-refractivity contribution is 1.63. The summed E-state index contributed by atoms with van der Waals surface area (Å²) in [4.78, 5) is 0. The molecular formula is C2H7NSi. The number of rotatable bonds is 0. The van der Waals surface area contributed by atoms with E-state index in [0.29, 0.717) is 0 Å². The molecule has 4 heavy (non-hydrogen) atoms. The largest absolute Gasteiger partial charge is 0.405 e. The van der Waals surface area contributed by atoms with E-state index >= 15 is 0 Å². The molecule has 0 aliphatic rings. The molecule has 0 saturated carbocycles. The highest BCUT2D eigenvalue weighted by Gasteiger charge is 1.33. The Morgan fingerprint density at radius 1 is 1.75 bits per heavy atom. The molecule has 0 amide bonds. The van der Waals surface area contributed by atoms with Crippen LogP contribution in [0, 0.1) is 0 Å². The topological polar surface area (TPSA) is 26.0 Å². The van der Waals surface area contributed by atoms with Crippen LogP contribution < -0.4 is 5.73 Å². The summed E-state index contributed by atoms with van der Waals surface area (Å²) < 4.78 is 0. The van der Waals surface area contributed by atoms with Crippen molar-refractivity contribution in [1.82, 2.24) is 0 Å². The quantitative estimate of drug-likeness (QED) is 0.357. The third-order valence-corrected chi connectivity index (χ3v) is 0.577. The maximum absolute atomic E-state index is 4.88. The van der Waals surface area contributed by atoms with Crippen LogP contribution in [-0.2, 0) is 0 Å². The number of hydrogen-bond donors (Lipinski definition) is 1. The van der Waals surface area contributed by atoms with E-state index in [1.807, 2.05) is 5.70 Å². The Hall–Kier alpha value is -0.243. The van der Waals surface area contributed by atoms with Crippen LogP contribution in [0.3, 0.4) is 0 Å². The fourth-order valence-corrected chi connectivity index (χ4v) is 0. The molecule has 0 saturated heterocycles. The van der Waals surface area contributed by atoms with Crippen molar-refractivity contribution in [2.24, 2.45) is 5.73 Å². The van der Waals surface area contributed by atoms with Crippen LogP contribution in [0.1, 0.15) is 0 Å². The maximum Gasteiger partial charge on any atom is 0.0309 e. The van der Waals surface area contributed by atoms with Gasteiger partial charge in [-0.05, 0) is 6.20 Å². The predicted octanol–water partition coefficient (Wildman–Crippen LogP) is -1.22. The normalized spacial score (nSPS) is 10.0. The van der Waals surface area contributed by atoms with Gasteiger partial charge in [-0.2, -0.15) is 0 Å². The van der Waals surface area contributed by atoms with Gasteiger partial charge >= 0.3 is 0 Å². The molecule has 0 spiro atoms. The average molecular weight is 73.2 g/mol. The van der Waals surface area contributed by atoms with E-state index in [-0.39, 0.29) is 0 Å². The third-order valence-electron chi connectivity index (χ3n) is 0.192. The van der Waals surface area contributed by atoms with E-state index < -0.39 is 0 Å². The summed E-state index contributed by atoms with van der Waals surface area (Å²) in [5.74, 6) is 0. The molecule has 0 fully saturated rings. The minimum Gasteiger partial charge on any atom is -0.405 e. The zero-order valence-corrected chi connectivity index (χ0v) is 4.73. The van der Waals surface area contributed by atoms with E-state index in [1.165, 1.54) is 0 Å². The summed E-state index contributed by atoms with van der Waals surface area (Å²) in [7, 11) is 1.08. The summed E-state index contributed by atoms with van der Waals surface area (Å²) in [6.07, 6.45) is 1.56. The van der Waals surface area contributed by atoms with Crippen molar-refractivity contribution in [3.05, 3.63) is 11.9 Å². The van der Waals surface area contributed by atoms with Gasteiger partial charge in [0.05, 0.1) is 0 Å². The van der Waals surface area contributed by atoms with Crippen molar-refractivity contribution in [3.63, 3.8) is 0 Å². The second kappa shape index (κ2) is 2.76. The van der Waals surface area contributed by atoms with Gasteiger partial charge in [-0.3, -0.25) is 0 Å². The monoisotopic (exact) mass is 73.0 g/mol. The lowest BCUT2D eigenvalue weighted by atomic mass is 11.1. The molecule has 24 valence electrons. The summed E-state index contributed by atoms with van der Waals surface area (Å²) in [5.41, 5.74) is 6.80. The average Bonchev–Trinajstić information content (AvgIpc) is 1.37. The molecule has 0 aromatic heterocycles. The Labute approximate surface area is 28.9 Å². The lowest BCUT2D eigenvalue weighted by Crippen LogP contribution is -1.72. The second-order valence-corrected chi connectivity index (χ2v) is 1.19. The first-order valence-electron chi connectivity index (χ1n) is 1.24. The SMILES string of the molecule is NC=C[SiH3]. The van der Waals surface area contributed by atoms with Crippen molar-refractivity contribution < 1.29 is 0 Å². The van der Waals surface area contributed by atoms with Gasteiger partial charge in [0.15, 0.2) is 0 Å². The van der Waals surface area contributed by atoms with Crippen LogP contribution >= 0.6 is 0 Å². The van der Waals surface area contributed by atoms with Gasteiger partial charge in [-0.15, -0.1) is 0 Å². The lowest BCUT2D eigenvalue weighted by Gasteiger charge is -1.53. The molecule has 0 heterocycles. The number of nitrogens with two attached hydrogens (primary N) is 1. The fourth-order valence-electron chi connectivity index (χ4n) is 0. The van der Waals surface area contributed by atoms with E-state index in [1.54, 1.807) is 6.20 Å². The molecule has 0 atom stereocenters. The summed E-state index contributed by atoms with van der Waals surface area (Å²) >= 11 is 0. The molecule has 1 nitrogen and oxygen atoms in total. The minimum absolute atomic E-state index is 1.08. The molecule has 0 rings (SSSR count). The Morgan fingerprint density at radius 2 is 2.00 bits per heavy atom. The Morgan fingerprint density at radius 3 is 2.00 bits per heavy atom. The Balaban J connectivity index is 2.55. The van der Waals surface area contributed by atoms with Crippen molar-refractivity contribution in [1.29, 1.82) is 0 Å². The van der Waals surface area contributed by atoms with Gasteiger partial charge in [0.2, 0.25) is 0 Å². The molecule has 0 bridgehead atoms. The van der Waals surface area contributed by atoms with E-state index in [0.717, 1.165) is 10.2 Å². The van der Waals surface area contributed by atoms with Gasteiger partial charge in [0.25, 0.3) is 0 Å². The molecular weight excluding hydrogens is 66.1 g/mol. The first-order valence-corrected chi connectivity index (χ1v) is 2.40. The second-order valence-electron chi connectivity index (χ2n) is 0.526. The zero-order chi connectivity index (χ0) is 3.41. The highest BCUT2D eigenvalue weighted by atomic mass is 28.1. The van der Waals surface area contributed by atoms with Crippen molar-refractivity contribution in [2.75, 3.05) is 0 Å². The van der Waals surface area contributed by atoms with Crippen LogP contribution in [0.4, 0.5) is 0 Å². The van der Waals surface area contributed by atoms with Gasteiger partial charge in [0, 0.05) is 10.2 Å². The van der Waals surface area contributed by atoms with Crippen LogP contribution in [0.2, 0.25) is 0 Å². The molecule has 0 radical (unpaired) electrons. The molecule has 2 N–H and O–H groups in total. The van der Waals surface area contributed by atoms with Crippen LogP contribution in [0.25, 0.3) is 0 Å². The van der Waals surface area contributed by atoms with E-state index in [4.69, 9.17) is 5.73 Å². The molecule has 0 aliphatic heterocycles. The first-order chi connectivity index (χ1) is 1.91. The Bertz CT molecular complexity index is 21.2. The predicted molar refractivity (Wildman–Crippen MR) is 23.3 cm³/mol.